The van der Waals surface area contributed by atoms with E-state index >= 15 is 0 Å². The normalized spacial score (nSPS) is 14.7. The molecule has 1 heterocycles. The summed E-state index contributed by atoms with van der Waals surface area (Å²) >= 11 is 15.3. The lowest BCUT2D eigenvalue weighted by atomic mass is 10.2. The van der Waals surface area contributed by atoms with E-state index in [2.05, 4.69) is 25.9 Å². The lowest BCUT2D eigenvalue weighted by molar-refractivity contribution is 0.628. The van der Waals surface area contributed by atoms with Gasteiger partial charge >= 0.3 is 0 Å². The second kappa shape index (κ2) is 5.00. The van der Waals surface area contributed by atoms with Crippen molar-refractivity contribution in [2.75, 3.05) is 0 Å². The van der Waals surface area contributed by atoms with Gasteiger partial charge in [-0.15, -0.1) is 0 Å². The number of hydrogen-bond donors (Lipinski definition) is 0. The average molecular weight is 362 g/mol. The van der Waals surface area contributed by atoms with Crippen LogP contribution in [0.4, 0.5) is 4.39 Å². The SMILES string of the molecule is Fc1cc(Cl)cc(-c2nc(Cl)c(Br)c(C3CC3)n2)c1. The first-order valence-corrected chi connectivity index (χ1v) is 7.29. The molecule has 2 nitrogen and oxygen atoms in total. The van der Waals surface area contributed by atoms with E-state index in [9.17, 15) is 4.39 Å². The minimum Gasteiger partial charge on any atom is -0.231 e. The predicted octanol–water partition coefficient (Wildman–Crippen LogP) is 5.23. The Labute approximate surface area is 128 Å². The molecule has 0 spiro atoms. The summed E-state index contributed by atoms with van der Waals surface area (Å²) in [5.74, 6) is 0.396. The first-order chi connectivity index (χ1) is 9.04. The van der Waals surface area contributed by atoms with Crippen LogP contribution in [0.25, 0.3) is 11.4 Å². The first-order valence-electron chi connectivity index (χ1n) is 5.74. The molecular formula is C13H8BrCl2FN2. The third-order valence-corrected chi connectivity index (χ3v) is 4.42. The van der Waals surface area contributed by atoms with Crippen LogP contribution in [0, 0.1) is 5.82 Å². The molecule has 1 aromatic carbocycles. The van der Waals surface area contributed by atoms with E-state index in [1.165, 1.54) is 12.1 Å². The van der Waals surface area contributed by atoms with Crippen LogP contribution in [0.3, 0.4) is 0 Å². The molecule has 0 radical (unpaired) electrons. The quantitative estimate of drug-likeness (QED) is 0.684. The van der Waals surface area contributed by atoms with Gasteiger partial charge in [0.25, 0.3) is 0 Å². The molecular weight excluding hydrogens is 354 g/mol. The van der Waals surface area contributed by atoms with Gasteiger partial charge < -0.3 is 0 Å². The van der Waals surface area contributed by atoms with Gasteiger partial charge in [0.2, 0.25) is 0 Å². The van der Waals surface area contributed by atoms with Gasteiger partial charge in [-0.3, -0.25) is 0 Å². The molecule has 0 aliphatic heterocycles. The van der Waals surface area contributed by atoms with Crippen LogP contribution in [0.2, 0.25) is 10.2 Å². The molecule has 0 saturated heterocycles. The maximum atomic E-state index is 13.4. The maximum Gasteiger partial charge on any atom is 0.161 e. The summed E-state index contributed by atoms with van der Waals surface area (Å²) in [5.41, 5.74) is 1.41. The van der Waals surface area contributed by atoms with Crippen LogP contribution in [-0.2, 0) is 0 Å². The Hall–Kier alpha value is -0.710. The molecule has 1 aliphatic carbocycles. The van der Waals surface area contributed by atoms with Crippen molar-refractivity contribution in [2.24, 2.45) is 0 Å². The van der Waals surface area contributed by atoms with E-state index < -0.39 is 5.82 Å². The van der Waals surface area contributed by atoms with Crippen LogP contribution in [0.15, 0.2) is 22.7 Å². The Morgan fingerprint density at radius 3 is 2.53 bits per heavy atom. The van der Waals surface area contributed by atoms with Crippen LogP contribution < -0.4 is 0 Å². The molecule has 0 unspecified atom stereocenters. The lowest BCUT2D eigenvalue weighted by Gasteiger charge is -2.08. The van der Waals surface area contributed by atoms with E-state index in [4.69, 9.17) is 23.2 Å². The molecule has 1 aliphatic rings. The summed E-state index contributed by atoms with van der Waals surface area (Å²) in [6.45, 7) is 0. The molecule has 6 heteroatoms. The fourth-order valence-corrected chi connectivity index (χ4v) is 2.77. The lowest BCUT2D eigenvalue weighted by Crippen LogP contribution is -1.97. The summed E-state index contributed by atoms with van der Waals surface area (Å²) in [6.07, 6.45) is 2.19. The molecule has 1 saturated carbocycles. The molecule has 0 N–H and O–H groups in total. The Morgan fingerprint density at radius 1 is 1.16 bits per heavy atom. The van der Waals surface area contributed by atoms with Crippen LogP contribution >= 0.6 is 39.1 Å². The summed E-state index contributed by atoms with van der Waals surface area (Å²) in [5, 5.41) is 0.651. The molecule has 0 bridgehead atoms. The first kappa shape index (κ1) is 13.3. The van der Waals surface area contributed by atoms with Crippen molar-refractivity contribution in [3.63, 3.8) is 0 Å². The van der Waals surface area contributed by atoms with Crippen molar-refractivity contribution in [1.29, 1.82) is 0 Å². The fraction of sp³-hybridized carbons (Fsp3) is 0.231. The van der Waals surface area contributed by atoms with E-state index in [1.807, 2.05) is 0 Å². The molecule has 19 heavy (non-hydrogen) atoms. The number of aromatic nitrogens is 2. The molecule has 3 rings (SSSR count). The highest BCUT2D eigenvalue weighted by atomic mass is 79.9. The Balaban J connectivity index is 2.14. The topological polar surface area (TPSA) is 25.8 Å². The third kappa shape index (κ3) is 2.76. The van der Waals surface area contributed by atoms with Crippen molar-refractivity contribution >= 4 is 39.1 Å². The van der Waals surface area contributed by atoms with Crippen molar-refractivity contribution < 1.29 is 4.39 Å². The minimum absolute atomic E-state index is 0.311. The summed E-state index contributed by atoms with van der Waals surface area (Å²) < 4.78 is 14.1. The second-order valence-electron chi connectivity index (χ2n) is 4.47. The van der Waals surface area contributed by atoms with Crippen molar-refractivity contribution in [3.8, 4) is 11.4 Å². The van der Waals surface area contributed by atoms with Crippen molar-refractivity contribution in [2.45, 2.75) is 18.8 Å². The molecule has 2 aromatic rings. The van der Waals surface area contributed by atoms with Crippen LogP contribution in [0.1, 0.15) is 24.5 Å². The van der Waals surface area contributed by atoms with Crippen LogP contribution in [-0.4, -0.2) is 9.97 Å². The number of halogens is 4. The largest absolute Gasteiger partial charge is 0.231 e. The second-order valence-corrected chi connectivity index (χ2v) is 6.06. The van der Waals surface area contributed by atoms with Gasteiger partial charge in [0, 0.05) is 16.5 Å². The van der Waals surface area contributed by atoms with Gasteiger partial charge in [-0.2, -0.15) is 0 Å². The Morgan fingerprint density at radius 2 is 1.89 bits per heavy atom. The van der Waals surface area contributed by atoms with E-state index in [0.29, 0.717) is 27.5 Å². The summed E-state index contributed by atoms with van der Waals surface area (Å²) in [6, 6.07) is 4.22. The molecule has 0 atom stereocenters. The van der Waals surface area contributed by atoms with Gasteiger partial charge in [0.1, 0.15) is 11.0 Å². The molecule has 0 amide bonds. The zero-order valence-corrected chi connectivity index (χ0v) is 12.7. The Bertz CT molecular complexity index is 639. The van der Waals surface area contributed by atoms with E-state index in [1.54, 1.807) is 6.07 Å². The zero-order chi connectivity index (χ0) is 13.6. The highest BCUT2D eigenvalue weighted by molar-refractivity contribution is 9.10. The maximum absolute atomic E-state index is 13.4. The van der Waals surface area contributed by atoms with E-state index in [-0.39, 0.29) is 0 Å². The number of benzene rings is 1. The number of rotatable bonds is 2. The number of hydrogen-bond acceptors (Lipinski definition) is 2. The predicted molar refractivity (Wildman–Crippen MR) is 77.1 cm³/mol. The summed E-state index contributed by atoms with van der Waals surface area (Å²) in [4.78, 5) is 8.66. The third-order valence-electron chi connectivity index (χ3n) is 2.92. The van der Waals surface area contributed by atoms with Gasteiger partial charge in [0.05, 0.1) is 10.2 Å². The monoisotopic (exact) mass is 360 g/mol. The summed E-state index contributed by atoms with van der Waals surface area (Å²) in [7, 11) is 0. The smallest absolute Gasteiger partial charge is 0.161 e. The minimum atomic E-state index is -0.418. The molecule has 1 fully saturated rings. The van der Waals surface area contributed by atoms with Gasteiger partial charge in [-0.1, -0.05) is 23.2 Å². The van der Waals surface area contributed by atoms with Crippen molar-refractivity contribution in [1.82, 2.24) is 9.97 Å². The van der Waals surface area contributed by atoms with E-state index in [0.717, 1.165) is 23.0 Å². The van der Waals surface area contributed by atoms with Crippen LogP contribution in [0.5, 0.6) is 0 Å². The highest BCUT2D eigenvalue weighted by Crippen LogP contribution is 2.44. The molecule has 1 aromatic heterocycles. The molecule has 98 valence electrons. The van der Waals surface area contributed by atoms with Gasteiger partial charge in [0.15, 0.2) is 5.82 Å². The standard InChI is InChI=1S/C13H8BrCl2FN2/c14-10-11(6-1-2-6)18-13(19-12(10)16)7-3-8(15)5-9(17)4-7/h3-6H,1-2H2. The van der Waals surface area contributed by atoms with Gasteiger partial charge in [-0.25, -0.2) is 14.4 Å². The zero-order valence-electron chi connectivity index (χ0n) is 9.63. The van der Waals surface area contributed by atoms with Gasteiger partial charge in [-0.05, 0) is 47.0 Å². The fourth-order valence-electron chi connectivity index (χ4n) is 1.88. The Kier molecular flexibility index (Phi) is 3.50. The highest BCUT2D eigenvalue weighted by Gasteiger charge is 2.29. The average Bonchev–Trinajstić information content (AvgIpc) is 3.15. The van der Waals surface area contributed by atoms with Crippen molar-refractivity contribution in [3.05, 3.63) is 44.4 Å². The number of nitrogens with zero attached hydrogens (tertiary/aromatic N) is 2.